The number of hydrogen-bond acceptors (Lipinski definition) is 6. The summed E-state index contributed by atoms with van der Waals surface area (Å²) in [5.74, 6) is -1.79. The molecule has 1 aliphatic heterocycles. The Hall–Kier alpha value is -2.60. The monoisotopic (exact) mass is 411 g/mol. The topological polar surface area (TPSA) is 89.5 Å². The van der Waals surface area contributed by atoms with Gasteiger partial charge in [-0.2, -0.15) is 0 Å². The van der Waals surface area contributed by atoms with Crippen LogP contribution < -0.4 is 5.32 Å². The van der Waals surface area contributed by atoms with E-state index in [1.54, 1.807) is 31.2 Å². The van der Waals surface area contributed by atoms with Crippen LogP contribution in [-0.2, 0) is 14.3 Å². The molecule has 0 spiro atoms. The van der Waals surface area contributed by atoms with Crippen LogP contribution in [0.25, 0.3) is 0 Å². The Labute approximate surface area is 177 Å². The molecule has 160 valence electrons. The molecule has 1 fully saturated rings. The lowest BCUT2D eigenvalue weighted by atomic mass is 9.68. The zero-order chi connectivity index (χ0) is 22.1. The lowest BCUT2D eigenvalue weighted by Gasteiger charge is -2.35. The molecule has 0 unspecified atom stereocenters. The van der Waals surface area contributed by atoms with Gasteiger partial charge in [0.1, 0.15) is 6.04 Å². The minimum absolute atomic E-state index is 0.000292. The van der Waals surface area contributed by atoms with Crippen LogP contribution in [0, 0.1) is 11.3 Å². The van der Waals surface area contributed by atoms with Gasteiger partial charge in [0.25, 0.3) is 0 Å². The Bertz CT molecular complexity index is 916. The van der Waals surface area contributed by atoms with Gasteiger partial charge in [-0.05, 0) is 44.1 Å². The number of fused-ring (bicyclic) bond motifs is 1. The normalized spacial score (nSPS) is 20.2. The summed E-state index contributed by atoms with van der Waals surface area (Å²) >= 11 is 0. The van der Waals surface area contributed by atoms with Crippen molar-refractivity contribution in [2.45, 2.75) is 59.4 Å². The van der Waals surface area contributed by atoms with Crippen molar-refractivity contribution in [2.24, 2.45) is 11.3 Å². The second-order valence-electron chi connectivity index (χ2n) is 9.14. The number of allylic oxidation sites excluding steroid dienone is 2. The summed E-state index contributed by atoms with van der Waals surface area (Å²) < 4.78 is 5.01. The molecule has 0 amide bonds. The van der Waals surface area contributed by atoms with Crippen LogP contribution in [0.2, 0.25) is 0 Å². The third-order valence-corrected chi connectivity index (χ3v) is 6.00. The van der Waals surface area contributed by atoms with Gasteiger partial charge in [0.2, 0.25) is 0 Å². The molecular weight excluding hydrogens is 382 g/mol. The lowest BCUT2D eigenvalue weighted by molar-refractivity contribution is -0.161. The van der Waals surface area contributed by atoms with Crippen molar-refractivity contribution in [3.05, 3.63) is 46.5 Å². The molecule has 1 N–H and O–H groups in total. The van der Waals surface area contributed by atoms with E-state index < -0.39 is 18.0 Å². The predicted molar refractivity (Wildman–Crippen MR) is 112 cm³/mol. The van der Waals surface area contributed by atoms with Gasteiger partial charge in [-0.3, -0.25) is 14.4 Å². The third-order valence-electron chi connectivity index (χ3n) is 6.00. The maximum Gasteiger partial charge on any atom is 0.330 e. The van der Waals surface area contributed by atoms with E-state index in [0.29, 0.717) is 35.1 Å². The zero-order valence-corrected chi connectivity index (χ0v) is 18.0. The van der Waals surface area contributed by atoms with Gasteiger partial charge in [-0.25, -0.2) is 4.79 Å². The molecular formula is C24H29NO5. The van der Waals surface area contributed by atoms with Crippen LogP contribution in [-0.4, -0.2) is 36.1 Å². The number of ketones is 2. The molecule has 0 bridgehead atoms. The Morgan fingerprint density at radius 1 is 1.13 bits per heavy atom. The maximum absolute atomic E-state index is 13.3. The van der Waals surface area contributed by atoms with Crippen molar-refractivity contribution in [3.63, 3.8) is 0 Å². The standard InChI is InChI=1S/C24H29NO5/c1-14-20(22(28)16-9-6-5-8-15(16)21(14)27)17(24(2,3)4)11-12-19(26)30-23(29)18-10-7-13-25-18/h5-6,8-9,17-18,25H,7,10-13H2,1-4H3/t17-,18+/m1/s1. The highest BCUT2D eigenvalue weighted by molar-refractivity contribution is 6.26. The molecule has 0 radical (unpaired) electrons. The highest BCUT2D eigenvalue weighted by atomic mass is 16.6. The number of rotatable bonds is 5. The van der Waals surface area contributed by atoms with E-state index >= 15 is 0 Å². The number of nitrogens with one attached hydrogen (secondary N) is 1. The number of benzene rings is 1. The molecule has 0 aromatic heterocycles. The Kier molecular flexibility index (Phi) is 6.36. The fraction of sp³-hybridized carbons (Fsp3) is 0.500. The number of hydrogen-bond donors (Lipinski definition) is 1. The Balaban J connectivity index is 1.79. The smallest absolute Gasteiger partial charge is 0.330 e. The van der Waals surface area contributed by atoms with Crippen molar-refractivity contribution in [1.29, 1.82) is 0 Å². The zero-order valence-electron chi connectivity index (χ0n) is 18.0. The number of ether oxygens (including phenoxy) is 1. The fourth-order valence-electron chi connectivity index (χ4n) is 4.33. The van der Waals surface area contributed by atoms with Crippen LogP contribution in [0.3, 0.4) is 0 Å². The molecule has 1 aromatic carbocycles. The number of esters is 2. The average molecular weight is 411 g/mol. The Morgan fingerprint density at radius 2 is 1.77 bits per heavy atom. The largest absolute Gasteiger partial charge is 0.392 e. The maximum atomic E-state index is 13.3. The molecule has 1 aliphatic carbocycles. The molecule has 1 aromatic rings. The molecule has 0 saturated carbocycles. The first-order valence-corrected chi connectivity index (χ1v) is 10.5. The summed E-state index contributed by atoms with van der Waals surface area (Å²) in [5, 5.41) is 3.01. The van der Waals surface area contributed by atoms with E-state index in [-0.39, 0.29) is 29.3 Å². The quantitative estimate of drug-likeness (QED) is 0.588. The van der Waals surface area contributed by atoms with Crippen LogP contribution in [0.5, 0.6) is 0 Å². The van der Waals surface area contributed by atoms with Crippen LogP contribution in [0.1, 0.15) is 74.1 Å². The van der Waals surface area contributed by atoms with Crippen molar-refractivity contribution in [3.8, 4) is 0 Å². The van der Waals surface area contributed by atoms with Crippen molar-refractivity contribution in [1.82, 2.24) is 5.32 Å². The number of Topliss-reactive ketones (excluding diaryl/α,β-unsaturated/α-hetero) is 2. The SMILES string of the molecule is CC1=C([C@@H](CCC(=O)OC(=O)[C@@H]2CCCN2)C(C)(C)C)C(=O)c2ccccc2C1=O. The summed E-state index contributed by atoms with van der Waals surface area (Å²) in [7, 11) is 0. The first kappa shape index (κ1) is 22.1. The van der Waals surface area contributed by atoms with E-state index in [1.165, 1.54) is 0 Å². The van der Waals surface area contributed by atoms with Crippen molar-refractivity contribution < 1.29 is 23.9 Å². The molecule has 30 heavy (non-hydrogen) atoms. The number of carbonyl (C=O) groups excluding carboxylic acids is 4. The molecule has 6 heteroatoms. The van der Waals surface area contributed by atoms with E-state index in [1.807, 2.05) is 20.8 Å². The van der Waals surface area contributed by atoms with Crippen LogP contribution in [0.4, 0.5) is 0 Å². The summed E-state index contributed by atoms with van der Waals surface area (Å²) in [5.41, 5.74) is 1.35. The van der Waals surface area contributed by atoms with E-state index in [2.05, 4.69) is 5.32 Å². The molecule has 6 nitrogen and oxygen atoms in total. The highest BCUT2D eigenvalue weighted by Gasteiger charge is 2.39. The molecule has 2 atom stereocenters. The van der Waals surface area contributed by atoms with E-state index in [0.717, 1.165) is 13.0 Å². The van der Waals surface area contributed by atoms with Gasteiger partial charge in [0.15, 0.2) is 11.6 Å². The van der Waals surface area contributed by atoms with Gasteiger partial charge in [0, 0.05) is 28.7 Å². The third kappa shape index (κ3) is 4.43. The molecule has 2 aliphatic rings. The van der Waals surface area contributed by atoms with Crippen LogP contribution in [0.15, 0.2) is 35.4 Å². The summed E-state index contributed by atoms with van der Waals surface area (Å²) in [4.78, 5) is 50.5. The number of carbonyl (C=O) groups is 4. The molecule has 1 heterocycles. The van der Waals surface area contributed by atoms with E-state index in [9.17, 15) is 19.2 Å². The van der Waals surface area contributed by atoms with Gasteiger partial charge in [0.05, 0.1) is 0 Å². The van der Waals surface area contributed by atoms with Gasteiger partial charge < -0.3 is 10.1 Å². The summed E-state index contributed by atoms with van der Waals surface area (Å²) in [6.45, 7) is 8.36. The summed E-state index contributed by atoms with van der Waals surface area (Å²) in [6.07, 6.45) is 1.87. The van der Waals surface area contributed by atoms with Crippen molar-refractivity contribution in [2.75, 3.05) is 6.54 Å². The van der Waals surface area contributed by atoms with E-state index in [4.69, 9.17) is 4.74 Å². The predicted octanol–water partition coefficient (Wildman–Crippen LogP) is 3.65. The second-order valence-corrected chi connectivity index (χ2v) is 9.14. The van der Waals surface area contributed by atoms with Gasteiger partial charge in [-0.1, -0.05) is 45.0 Å². The fourth-order valence-corrected chi connectivity index (χ4v) is 4.33. The Morgan fingerprint density at radius 3 is 2.33 bits per heavy atom. The van der Waals surface area contributed by atoms with Gasteiger partial charge >= 0.3 is 11.9 Å². The van der Waals surface area contributed by atoms with Crippen LogP contribution >= 0.6 is 0 Å². The molecule has 1 saturated heterocycles. The highest BCUT2D eigenvalue weighted by Crippen LogP contribution is 2.41. The first-order valence-electron chi connectivity index (χ1n) is 10.5. The lowest BCUT2D eigenvalue weighted by Crippen LogP contribution is -2.35. The summed E-state index contributed by atoms with van der Waals surface area (Å²) in [6, 6.07) is 6.40. The van der Waals surface area contributed by atoms with Crippen molar-refractivity contribution >= 4 is 23.5 Å². The first-order chi connectivity index (χ1) is 14.1. The minimum atomic E-state index is -0.601. The van der Waals surface area contributed by atoms with Gasteiger partial charge in [-0.15, -0.1) is 0 Å². The molecule has 3 rings (SSSR count). The average Bonchev–Trinajstić information content (AvgIpc) is 3.23. The second kappa shape index (κ2) is 8.64. The minimum Gasteiger partial charge on any atom is -0.392 e.